The lowest BCUT2D eigenvalue weighted by Gasteiger charge is -2.26. The van der Waals surface area contributed by atoms with E-state index in [4.69, 9.17) is 10.5 Å². The summed E-state index contributed by atoms with van der Waals surface area (Å²) in [5.74, 6) is 0.547. The van der Waals surface area contributed by atoms with Gasteiger partial charge >= 0.3 is 0 Å². The summed E-state index contributed by atoms with van der Waals surface area (Å²) < 4.78 is 5.29. The molecule has 1 amide bonds. The van der Waals surface area contributed by atoms with Gasteiger partial charge in [0.15, 0.2) is 0 Å². The van der Waals surface area contributed by atoms with Gasteiger partial charge in [-0.05, 0) is 24.5 Å². The van der Waals surface area contributed by atoms with Gasteiger partial charge in [0.25, 0.3) is 5.91 Å². The van der Waals surface area contributed by atoms with E-state index in [2.05, 4.69) is 18.8 Å². The van der Waals surface area contributed by atoms with Gasteiger partial charge in [0.2, 0.25) is 0 Å². The first kappa shape index (κ1) is 15.2. The molecule has 3 heterocycles. The Morgan fingerprint density at radius 3 is 2.82 bits per heavy atom. The van der Waals surface area contributed by atoms with Crippen LogP contribution in [-0.4, -0.2) is 42.1 Å². The van der Waals surface area contributed by atoms with E-state index in [1.165, 1.54) is 11.3 Å². The molecular weight excluding hydrogens is 298 g/mol. The van der Waals surface area contributed by atoms with Crippen molar-refractivity contribution in [3.05, 3.63) is 22.7 Å². The molecule has 1 fully saturated rings. The van der Waals surface area contributed by atoms with Crippen molar-refractivity contribution in [2.24, 2.45) is 5.92 Å². The fraction of sp³-hybridized carbons (Fsp3) is 0.500. The molecule has 2 N–H and O–H groups in total. The number of morpholine rings is 1. The number of anilines is 1. The predicted octanol–water partition coefficient (Wildman–Crippen LogP) is 2.55. The normalized spacial score (nSPS) is 15.7. The second-order valence-corrected chi connectivity index (χ2v) is 7.00. The predicted molar refractivity (Wildman–Crippen MR) is 89.3 cm³/mol. The van der Waals surface area contributed by atoms with Crippen LogP contribution in [0.2, 0.25) is 0 Å². The number of carbonyl (C=O) groups is 1. The minimum absolute atomic E-state index is 0.00536. The lowest BCUT2D eigenvalue weighted by Crippen LogP contribution is -2.40. The Balaban J connectivity index is 1.92. The highest BCUT2D eigenvalue weighted by molar-refractivity contribution is 7.21. The third-order valence-electron chi connectivity index (χ3n) is 3.76. The summed E-state index contributed by atoms with van der Waals surface area (Å²) in [5, 5.41) is 0.883. The minimum Gasteiger partial charge on any atom is -0.397 e. The average Bonchev–Trinajstić information content (AvgIpc) is 2.83. The van der Waals surface area contributed by atoms with E-state index in [-0.39, 0.29) is 5.91 Å². The third kappa shape index (κ3) is 2.94. The first-order valence-corrected chi connectivity index (χ1v) is 8.43. The van der Waals surface area contributed by atoms with Crippen molar-refractivity contribution in [2.75, 3.05) is 32.0 Å². The maximum Gasteiger partial charge on any atom is 0.266 e. The fourth-order valence-corrected chi connectivity index (χ4v) is 3.72. The van der Waals surface area contributed by atoms with Crippen LogP contribution >= 0.6 is 11.3 Å². The van der Waals surface area contributed by atoms with Gasteiger partial charge in [-0.1, -0.05) is 13.8 Å². The number of carbonyl (C=O) groups excluding carboxylic acids is 1. The Labute approximate surface area is 134 Å². The van der Waals surface area contributed by atoms with Crippen molar-refractivity contribution in [1.82, 2.24) is 9.88 Å². The second-order valence-electron chi connectivity index (χ2n) is 6.00. The molecule has 1 saturated heterocycles. The van der Waals surface area contributed by atoms with Gasteiger partial charge in [0.1, 0.15) is 9.71 Å². The number of nitrogens with two attached hydrogens (primary N) is 1. The zero-order valence-corrected chi connectivity index (χ0v) is 13.8. The molecule has 5 nitrogen and oxygen atoms in total. The molecule has 0 saturated carbocycles. The highest BCUT2D eigenvalue weighted by atomic mass is 32.1. The van der Waals surface area contributed by atoms with Crippen LogP contribution in [0.4, 0.5) is 5.69 Å². The quantitative estimate of drug-likeness (QED) is 0.944. The number of thiophene rings is 1. The number of nitrogens with zero attached hydrogens (tertiary/aromatic N) is 2. The highest BCUT2D eigenvalue weighted by Gasteiger charge is 2.24. The number of aromatic nitrogens is 1. The topological polar surface area (TPSA) is 68.5 Å². The number of ether oxygens (including phenoxy) is 1. The number of hydrogen-bond acceptors (Lipinski definition) is 5. The van der Waals surface area contributed by atoms with Gasteiger partial charge in [-0.2, -0.15) is 0 Å². The molecule has 3 rings (SSSR count). The zero-order chi connectivity index (χ0) is 15.7. The second kappa shape index (κ2) is 6.22. The van der Waals surface area contributed by atoms with Gasteiger partial charge in [-0.25, -0.2) is 4.98 Å². The maximum atomic E-state index is 12.6. The van der Waals surface area contributed by atoms with Gasteiger partial charge in [-0.15, -0.1) is 11.3 Å². The van der Waals surface area contributed by atoms with Crippen LogP contribution in [0.1, 0.15) is 29.2 Å². The Bertz CT molecular complexity index is 690. The number of amides is 1. The zero-order valence-electron chi connectivity index (χ0n) is 13.0. The van der Waals surface area contributed by atoms with Crippen molar-refractivity contribution < 1.29 is 9.53 Å². The number of rotatable bonds is 3. The van der Waals surface area contributed by atoms with Gasteiger partial charge in [0, 0.05) is 24.2 Å². The number of fused-ring (bicyclic) bond motifs is 1. The maximum absolute atomic E-state index is 12.6. The SMILES string of the molecule is CC(C)Cc1ccc2c(N)c(C(=O)N3CCOCC3)sc2n1. The molecule has 2 aromatic heterocycles. The summed E-state index contributed by atoms with van der Waals surface area (Å²) in [4.78, 5) is 20.6. The molecule has 0 spiro atoms. The van der Waals surface area contributed by atoms with Gasteiger partial charge in [-0.3, -0.25) is 4.79 Å². The first-order chi connectivity index (χ1) is 10.6. The van der Waals surface area contributed by atoms with E-state index in [0.29, 0.717) is 42.8 Å². The van der Waals surface area contributed by atoms with Crippen molar-refractivity contribution in [2.45, 2.75) is 20.3 Å². The standard InChI is InChI=1S/C16H21N3O2S/c1-10(2)9-11-3-4-12-13(17)14(22-15(12)18-11)16(20)19-5-7-21-8-6-19/h3-4,10H,5-9,17H2,1-2H3. The van der Waals surface area contributed by atoms with Crippen LogP contribution < -0.4 is 5.73 Å². The van der Waals surface area contributed by atoms with Crippen LogP contribution in [0, 0.1) is 5.92 Å². The van der Waals surface area contributed by atoms with Crippen LogP contribution in [-0.2, 0) is 11.2 Å². The summed E-state index contributed by atoms with van der Waals surface area (Å²) in [6.45, 7) is 6.77. The molecule has 0 aliphatic carbocycles. The lowest BCUT2D eigenvalue weighted by atomic mass is 10.1. The van der Waals surface area contributed by atoms with Gasteiger partial charge < -0.3 is 15.4 Å². The van der Waals surface area contributed by atoms with E-state index >= 15 is 0 Å². The summed E-state index contributed by atoms with van der Waals surface area (Å²) in [5.41, 5.74) is 7.80. The Kier molecular flexibility index (Phi) is 4.31. The first-order valence-electron chi connectivity index (χ1n) is 7.61. The fourth-order valence-electron chi connectivity index (χ4n) is 2.64. The van der Waals surface area contributed by atoms with Gasteiger partial charge in [0.05, 0.1) is 18.9 Å². The molecule has 1 aliphatic heterocycles. The molecule has 0 aromatic carbocycles. The molecule has 2 aromatic rings. The molecule has 118 valence electrons. The number of hydrogen-bond donors (Lipinski definition) is 1. The molecule has 0 bridgehead atoms. The van der Waals surface area contributed by atoms with E-state index in [9.17, 15) is 4.79 Å². The highest BCUT2D eigenvalue weighted by Crippen LogP contribution is 2.33. The summed E-state index contributed by atoms with van der Waals surface area (Å²) in [7, 11) is 0. The minimum atomic E-state index is -0.00536. The third-order valence-corrected chi connectivity index (χ3v) is 4.86. The van der Waals surface area contributed by atoms with Crippen molar-refractivity contribution in [1.29, 1.82) is 0 Å². The average molecular weight is 319 g/mol. The van der Waals surface area contributed by atoms with E-state index in [1.54, 1.807) is 4.90 Å². The van der Waals surface area contributed by atoms with E-state index in [0.717, 1.165) is 22.3 Å². The molecule has 0 unspecified atom stereocenters. The summed E-state index contributed by atoms with van der Waals surface area (Å²) in [6, 6.07) is 4.00. The van der Waals surface area contributed by atoms with Crippen LogP contribution in [0.5, 0.6) is 0 Å². The number of nitrogen functional groups attached to an aromatic ring is 1. The Hall–Kier alpha value is -1.66. The molecule has 6 heteroatoms. The largest absolute Gasteiger partial charge is 0.397 e. The summed E-state index contributed by atoms with van der Waals surface area (Å²) >= 11 is 1.40. The molecule has 0 atom stereocenters. The smallest absolute Gasteiger partial charge is 0.266 e. The molecule has 22 heavy (non-hydrogen) atoms. The lowest BCUT2D eigenvalue weighted by molar-refractivity contribution is 0.0307. The molecule has 0 radical (unpaired) electrons. The van der Waals surface area contributed by atoms with E-state index in [1.807, 2.05) is 12.1 Å². The van der Waals surface area contributed by atoms with E-state index < -0.39 is 0 Å². The molecular formula is C16H21N3O2S. The Morgan fingerprint density at radius 1 is 1.41 bits per heavy atom. The van der Waals surface area contributed by atoms with Crippen LogP contribution in [0.25, 0.3) is 10.2 Å². The monoisotopic (exact) mass is 319 g/mol. The summed E-state index contributed by atoms with van der Waals surface area (Å²) in [6.07, 6.45) is 0.931. The van der Waals surface area contributed by atoms with Crippen molar-refractivity contribution >= 4 is 33.1 Å². The van der Waals surface area contributed by atoms with Crippen molar-refractivity contribution in [3.63, 3.8) is 0 Å². The van der Waals surface area contributed by atoms with Crippen molar-refractivity contribution in [3.8, 4) is 0 Å². The van der Waals surface area contributed by atoms with Crippen LogP contribution in [0.15, 0.2) is 12.1 Å². The number of pyridine rings is 1. The molecule has 1 aliphatic rings. The van der Waals surface area contributed by atoms with Crippen LogP contribution in [0.3, 0.4) is 0 Å². The Morgan fingerprint density at radius 2 is 2.14 bits per heavy atom.